The van der Waals surface area contributed by atoms with Gasteiger partial charge in [-0.15, -0.1) is 0 Å². The summed E-state index contributed by atoms with van der Waals surface area (Å²) in [4.78, 5) is 10.3. The third-order valence-corrected chi connectivity index (χ3v) is 1.58. The Kier molecular flexibility index (Phi) is 2.83. The zero-order chi connectivity index (χ0) is 7.40. The van der Waals surface area contributed by atoms with E-state index in [9.17, 15) is 4.79 Å². The Morgan fingerprint density at radius 3 is 3.00 bits per heavy atom. The minimum Gasteiger partial charge on any atom is -0.353 e. The van der Waals surface area contributed by atoms with Crippen LogP contribution < -0.4 is 0 Å². The van der Waals surface area contributed by atoms with Crippen LogP contribution in [-0.2, 0) is 14.3 Å². The molecule has 1 aliphatic rings. The minimum absolute atomic E-state index is 0.0324. The van der Waals surface area contributed by atoms with Gasteiger partial charge < -0.3 is 14.3 Å². The third-order valence-electron chi connectivity index (χ3n) is 1.58. The van der Waals surface area contributed by atoms with E-state index in [1.54, 1.807) is 0 Å². The van der Waals surface area contributed by atoms with Crippen molar-refractivity contribution in [2.45, 2.75) is 19.6 Å². The summed E-state index contributed by atoms with van der Waals surface area (Å²) in [6, 6.07) is 0. The molecular weight excluding hydrogens is 132 g/mol. The molecule has 1 aliphatic heterocycles. The lowest BCUT2D eigenvalue weighted by Gasteiger charge is -2.07. The van der Waals surface area contributed by atoms with E-state index in [1.807, 2.05) is 6.92 Å². The second kappa shape index (κ2) is 3.68. The van der Waals surface area contributed by atoms with Crippen LogP contribution in [0.4, 0.5) is 0 Å². The summed E-state index contributed by atoms with van der Waals surface area (Å²) in [5, 5.41) is 0. The molecule has 58 valence electrons. The van der Waals surface area contributed by atoms with Crippen LogP contribution in [0, 0.1) is 5.92 Å². The number of hydrogen-bond donors (Lipinski definition) is 0. The van der Waals surface area contributed by atoms with Gasteiger partial charge in [0.15, 0.2) is 6.29 Å². The zero-order valence-electron chi connectivity index (χ0n) is 6.08. The molecule has 1 fully saturated rings. The monoisotopic (exact) mass is 144 g/mol. The average molecular weight is 144 g/mol. The van der Waals surface area contributed by atoms with Gasteiger partial charge in [-0.05, 0) is 13.3 Å². The first kappa shape index (κ1) is 7.69. The average Bonchev–Trinajstić information content (AvgIpc) is 2.14. The number of carbonyl (C=O) groups is 1. The Bertz CT molecular complexity index is 113. The lowest BCUT2D eigenvalue weighted by molar-refractivity contribution is -0.122. The van der Waals surface area contributed by atoms with Crippen LogP contribution in [0.5, 0.6) is 0 Å². The fourth-order valence-corrected chi connectivity index (χ4v) is 0.883. The van der Waals surface area contributed by atoms with Crippen molar-refractivity contribution in [3.63, 3.8) is 0 Å². The van der Waals surface area contributed by atoms with Crippen molar-refractivity contribution in [1.82, 2.24) is 0 Å². The predicted octanol–water partition coefficient (Wildman–Crippen LogP) is 0.584. The molecule has 0 N–H and O–H groups in total. The Balaban J connectivity index is 2.32. The van der Waals surface area contributed by atoms with Crippen LogP contribution in [0.1, 0.15) is 13.3 Å². The van der Waals surface area contributed by atoms with E-state index < -0.39 is 0 Å². The number of carbonyl (C=O) groups excluding carboxylic acids is 1. The van der Waals surface area contributed by atoms with E-state index in [-0.39, 0.29) is 12.2 Å². The van der Waals surface area contributed by atoms with Gasteiger partial charge in [0.1, 0.15) is 6.29 Å². The fraction of sp³-hybridized carbons (Fsp3) is 0.857. The van der Waals surface area contributed by atoms with E-state index in [4.69, 9.17) is 9.47 Å². The second-order valence-corrected chi connectivity index (χ2v) is 2.46. The maximum Gasteiger partial charge on any atom is 0.154 e. The van der Waals surface area contributed by atoms with Gasteiger partial charge in [-0.1, -0.05) is 0 Å². The van der Waals surface area contributed by atoms with E-state index in [2.05, 4.69) is 0 Å². The van der Waals surface area contributed by atoms with Crippen molar-refractivity contribution in [1.29, 1.82) is 0 Å². The molecule has 2 atom stereocenters. The standard InChI is InChI=1S/C7H12O3/c1-6-9-3-2-7(4-8)5-10-6/h4,6-7H,2-3,5H2,1H3. The SMILES string of the molecule is CC1OCCC(C=O)CO1. The molecule has 0 aliphatic carbocycles. The quantitative estimate of drug-likeness (QED) is 0.505. The van der Waals surface area contributed by atoms with E-state index in [0.29, 0.717) is 13.2 Å². The first-order valence-electron chi connectivity index (χ1n) is 3.51. The van der Waals surface area contributed by atoms with E-state index in [0.717, 1.165) is 12.7 Å². The topological polar surface area (TPSA) is 35.5 Å². The van der Waals surface area contributed by atoms with Crippen molar-refractivity contribution in [3.05, 3.63) is 0 Å². The summed E-state index contributed by atoms with van der Waals surface area (Å²) >= 11 is 0. The molecule has 0 spiro atoms. The van der Waals surface area contributed by atoms with E-state index in [1.165, 1.54) is 0 Å². The van der Waals surface area contributed by atoms with Gasteiger partial charge >= 0.3 is 0 Å². The molecule has 1 saturated heterocycles. The van der Waals surface area contributed by atoms with Gasteiger partial charge in [0, 0.05) is 5.92 Å². The number of hydrogen-bond acceptors (Lipinski definition) is 3. The van der Waals surface area contributed by atoms with E-state index >= 15 is 0 Å². The van der Waals surface area contributed by atoms with Crippen LogP contribution in [0.15, 0.2) is 0 Å². The lowest BCUT2D eigenvalue weighted by atomic mass is 10.1. The minimum atomic E-state index is -0.148. The molecule has 1 rings (SSSR count). The smallest absolute Gasteiger partial charge is 0.154 e. The van der Waals surface area contributed by atoms with Gasteiger partial charge in [0.2, 0.25) is 0 Å². The highest BCUT2D eigenvalue weighted by molar-refractivity contribution is 5.53. The molecular formula is C7H12O3. The van der Waals surface area contributed by atoms with Crippen LogP contribution in [0.25, 0.3) is 0 Å². The molecule has 0 aromatic carbocycles. The van der Waals surface area contributed by atoms with Crippen molar-refractivity contribution >= 4 is 6.29 Å². The summed E-state index contributed by atoms with van der Waals surface area (Å²) in [5.74, 6) is 0.0324. The van der Waals surface area contributed by atoms with Crippen LogP contribution in [0.2, 0.25) is 0 Å². The van der Waals surface area contributed by atoms with Crippen LogP contribution >= 0.6 is 0 Å². The molecule has 3 heteroatoms. The molecule has 10 heavy (non-hydrogen) atoms. The summed E-state index contributed by atoms with van der Waals surface area (Å²) in [6.45, 7) is 2.97. The van der Waals surface area contributed by atoms with Gasteiger partial charge in [0.25, 0.3) is 0 Å². The highest BCUT2D eigenvalue weighted by Gasteiger charge is 2.15. The summed E-state index contributed by atoms with van der Waals surface area (Å²) in [7, 11) is 0. The predicted molar refractivity (Wildman–Crippen MR) is 35.5 cm³/mol. The summed E-state index contributed by atoms with van der Waals surface area (Å²) in [5.41, 5.74) is 0. The van der Waals surface area contributed by atoms with Crippen molar-refractivity contribution < 1.29 is 14.3 Å². The Morgan fingerprint density at radius 2 is 2.30 bits per heavy atom. The Labute approximate surface area is 60.3 Å². The highest BCUT2D eigenvalue weighted by Crippen LogP contribution is 2.09. The molecule has 1 heterocycles. The molecule has 0 aromatic rings. The number of aldehydes is 1. The Morgan fingerprint density at radius 1 is 1.50 bits per heavy atom. The van der Waals surface area contributed by atoms with Crippen molar-refractivity contribution in [3.8, 4) is 0 Å². The van der Waals surface area contributed by atoms with Crippen LogP contribution in [-0.4, -0.2) is 25.8 Å². The summed E-state index contributed by atoms with van der Waals surface area (Å²) in [6.07, 6.45) is 1.57. The molecule has 0 radical (unpaired) electrons. The molecule has 0 saturated carbocycles. The maximum absolute atomic E-state index is 10.3. The van der Waals surface area contributed by atoms with Gasteiger partial charge in [-0.25, -0.2) is 0 Å². The second-order valence-electron chi connectivity index (χ2n) is 2.46. The van der Waals surface area contributed by atoms with Crippen molar-refractivity contribution in [2.75, 3.05) is 13.2 Å². The van der Waals surface area contributed by atoms with Gasteiger partial charge in [-0.2, -0.15) is 0 Å². The van der Waals surface area contributed by atoms with Gasteiger partial charge in [0.05, 0.1) is 13.2 Å². The Hall–Kier alpha value is -0.410. The number of rotatable bonds is 1. The molecule has 0 bridgehead atoms. The fourth-order valence-electron chi connectivity index (χ4n) is 0.883. The van der Waals surface area contributed by atoms with Crippen molar-refractivity contribution in [2.24, 2.45) is 5.92 Å². The summed E-state index contributed by atoms with van der Waals surface area (Å²) < 4.78 is 10.3. The largest absolute Gasteiger partial charge is 0.353 e. The van der Waals surface area contributed by atoms with Crippen LogP contribution in [0.3, 0.4) is 0 Å². The molecule has 2 unspecified atom stereocenters. The molecule has 0 aromatic heterocycles. The lowest BCUT2D eigenvalue weighted by Crippen LogP contribution is -2.12. The first-order valence-corrected chi connectivity index (χ1v) is 3.51. The molecule has 0 amide bonds. The maximum atomic E-state index is 10.3. The first-order chi connectivity index (χ1) is 4.83. The number of ether oxygens (including phenoxy) is 2. The highest BCUT2D eigenvalue weighted by atomic mass is 16.7. The normalized spacial score (nSPS) is 34.9. The third kappa shape index (κ3) is 2.08. The molecule has 3 nitrogen and oxygen atoms in total. The zero-order valence-corrected chi connectivity index (χ0v) is 6.08. The van der Waals surface area contributed by atoms with Gasteiger partial charge in [-0.3, -0.25) is 0 Å².